The predicted octanol–water partition coefficient (Wildman–Crippen LogP) is 3.66. The number of amides is 1. The van der Waals surface area contributed by atoms with Crippen LogP contribution in [-0.4, -0.2) is 34.5 Å². The summed E-state index contributed by atoms with van der Waals surface area (Å²) in [6, 6.07) is 3.97. The van der Waals surface area contributed by atoms with Gasteiger partial charge in [-0.25, -0.2) is 4.98 Å². The van der Waals surface area contributed by atoms with Gasteiger partial charge < -0.3 is 9.64 Å². The number of aromatic nitrogens is 1. The van der Waals surface area contributed by atoms with Crippen molar-refractivity contribution in [3.8, 4) is 5.88 Å². The first-order valence-corrected chi connectivity index (χ1v) is 8.59. The number of rotatable bonds is 4. The third kappa shape index (κ3) is 3.26. The molecule has 3 rings (SSSR count). The van der Waals surface area contributed by atoms with Gasteiger partial charge in [-0.15, -0.1) is 0 Å². The second-order valence-corrected chi connectivity index (χ2v) is 6.86. The summed E-state index contributed by atoms with van der Waals surface area (Å²) in [6.07, 6.45) is 8.84. The molecule has 0 aromatic carbocycles. The molecule has 4 nitrogen and oxygen atoms in total. The lowest BCUT2D eigenvalue weighted by molar-refractivity contribution is 0.0541. The highest BCUT2D eigenvalue weighted by Crippen LogP contribution is 2.27. The minimum atomic E-state index is 0.124. The first-order valence-electron chi connectivity index (χ1n) is 8.59. The van der Waals surface area contributed by atoms with Gasteiger partial charge in [-0.1, -0.05) is 13.8 Å². The van der Waals surface area contributed by atoms with Crippen LogP contribution in [0.1, 0.15) is 62.7 Å². The minimum absolute atomic E-state index is 0.124. The molecule has 22 heavy (non-hydrogen) atoms. The third-order valence-corrected chi connectivity index (χ3v) is 4.90. The van der Waals surface area contributed by atoms with Gasteiger partial charge in [0.15, 0.2) is 0 Å². The topological polar surface area (TPSA) is 42.4 Å². The van der Waals surface area contributed by atoms with Crippen molar-refractivity contribution in [2.45, 2.75) is 64.5 Å². The van der Waals surface area contributed by atoms with Gasteiger partial charge in [-0.3, -0.25) is 4.79 Å². The molecule has 4 heteroatoms. The highest BCUT2D eigenvalue weighted by Gasteiger charge is 2.30. The highest BCUT2D eigenvalue weighted by molar-refractivity contribution is 5.94. The smallest absolute Gasteiger partial charge is 0.254 e. The van der Waals surface area contributed by atoms with Crippen molar-refractivity contribution in [2.75, 3.05) is 6.54 Å². The Morgan fingerprint density at radius 2 is 2.09 bits per heavy atom. The van der Waals surface area contributed by atoms with Gasteiger partial charge in [0.2, 0.25) is 5.88 Å². The van der Waals surface area contributed by atoms with Crippen molar-refractivity contribution in [1.29, 1.82) is 0 Å². The number of hydrogen-bond donors (Lipinski definition) is 0. The molecule has 1 aliphatic carbocycles. The standard InChI is InChI=1S/C18H26N2O2/c1-13(2)16-8-3-4-11-20(16)18(21)14-9-10-19-17(12-14)22-15-6-5-7-15/h9-10,12-13,15-16H,3-8,11H2,1-2H3. The van der Waals surface area contributed by atoms with E-state index in [1.165, 1.54) is 12.8 Å². The quantitative estimate of drug-likeness (QED) is 0.852. The van der Waals surface area contributed by atoms with Crippen LogP contribution in [-0.2, 0) is 0 Å². The maximum absolute atomic E-state index is 12.9. The van der Waals surface area contributed by atoms with Gasteiger partial charge in [0.05, 0.1) is 0 Å². The van der Waals surface area contributed by atoms with Crippen LogP contribution >= 0.6 is 0 Å². The maximum Gasteiger partial charge on any atom is 0.254 e. The molecule has 1 amide bonds. The van der Waals surface area contributed by atoms with Gasteiger partial charge in [0.1, 0.15) is 6.10 Å². The molecule has 1 atom stereocenters. The molecule has 2 heterocycles. The summed E-state index contributed by atoms with van der Waals surface area (Å²) in [5, 5.41) is 0. The molecular weight excluding hydrogens is 276 g/mol. The lowest BCUT2D eigenvalue weighted by Gasteiger charge is -2.38. The zero-order chi connectivity index (χ0) is 15.5. The van der Waals surface area contributed by atoms with Gasteiger partial charge in [-0.2, -0.15) is 0 Å². The lowest BCUT2D eigenvalue weighted by atomic mass is 9.92. The van der Waals surface area contributed by atoms with Crippen LogP contribution in [0.5, 0.6) is 5.88 Å². The number of likely N-dealkylation sites (tertiary alicyclic amines) is 1. The van der Waals surface area contributed by atoms with E-state index < -0.39 is 0 Å². The first-order chi connectivity index (χ1) is 10.6. The Hall–Kier alpha value is -1.58. The molecule has 1 aliphatic heterocycles. The molecule has 0 spiro atoms. The molecule has 2 fully saturated rings. The van der Waals surface area contributed by atoms with Gasteiger partial charge in [0.25, 0.3) is 5.91 Å². The molecule has 0 radical (unpaired) electrons. The molecule has 0 N–H and O–H groups in total. The number of carbonyl (C=O) groups is 1. The van der Waals surface area contributed by atoms with Crippen LogP contribution in [0.15, 0.2) is 18.3 Å². The summed E-state index contributed by atoms with van der Waals surface area (Å²) in [7, 11) is 0. The number of hydrogen-bond acceptors (Lipinski definition) is 3. The lowest BCUT2D eigenvalue weighted by Crippen LogP contribution is -2.46. The second kappa shape index (κ2) is 6.67. The summed E-state index contributed by atoms with van der Waals surface area (Å²) in [5.41, 5.74) is 0.705. The van der Waals surface area contributed by atoms with E-state index >= 15 is 0 Å². The molecule has 0 bridgehead atoms. The summed E-state index contributed by atoms with van der Waals surface area (Å²) in [4.78, 5) is 19.2. The predicted molar refractivity (Wildman–Crippen MR) is 86.0 cm³/mol. The molecule has 1 saturated carbocycles. The number of pyridine rings is 1. The monoisotopic (exact) mass is 302 g/mol. The Balaban J connectivity index is 1.74. The molecule has 2 aliphatic rings. The Bertz CT molecular complexity index is 526. The number of nitrogens with zero attached hydrogens (tertiary/aromatic N) is 2. The Labute approximate surface area is 132 Å². The molecule has 120 valence electrons. The molecule has 1 aromatic heterocycles. The van der Waals surface area contributed by atoms with E-state index in [2.05, 4.69) is 23.7 Å². The van der Waals surface area contributed by atoms with E-state index in [-0.39, 0.29) is 12.0 Å². The van der Waals surface area contributed by atoms with E-state index in [0.29, 0.717) is 23.4 Å². The summed E-state index contributed by atoms with van der Waals surface area (Å²) >= 11 is 0. The van der Waals surface area contributed by atoms with Crippen molar-refractivity contribution >= 4 is 5.91 Å². The average Bonchev–Trinajstić information content (AvgIpc) is 2.50. The first kappa shape index (κ1) is 15.3. The highest BCUT2D eigenvalue weighted by atomic mass is 16.5. The molecule has 1 aromatic rings. The van der Waals surface area contributed by atoms with Crippen LogP contribution in [0.3, 0.4) is 0 Å². The van der Waals surface area contributed by atoms with E-state index in [0.717, 1.165) is 32.2 Å². The van der Waals surface area contributed by atoms with Crippen LogP contribution in [0.25, 0.3) is 0 Å². The van der Waals surface area contributed by atoms with Crippen molar-refractivity contribution in [3.05, 3.63) is 23.9 Å². The van der Waals surface area contributed by atoms with Crippen LogP contribution in [0.2, 0.25) is 0 Å². The fraction of sp³-hybridized carbons (Fsp3) is 0.667. The van der Waals surface area contributed by atoms with Crippen molar-refractivity contribution in [2.24, 2.45) is 5.92 Å². The SMILES string of the molecule is CC(C)C1CCCCN1C(=O)c1ccnc(OC2CCC2)c1. The van der Waals surface area contributed by atoms with Gasteiger partial charge in [0, 0.05) is 30.4 Å². The van der Waals surface area contributed by atoms with Crippen LogP contribution < -0.4 is 4.74 Å². The number of carbonyl (C=O) groups excluding carboxylic acids is 1. The van der Waals surface area contributed by atoms with Crippen LogP contribution in [0.4, 0.5) is 0 Å². The normalized spacial score (nSPS) is 22.5. The Morgan fingerprint density at radius 1 is 1.27 bits per heavy atom. The molecule has 1 saturated heterocycles. The van der Waals surface area contributed by atoms with Gasteiger partial charge in [-0.05, 0) is 50.5 Å². The van der Waals surface area contributed by atoms with Gasteiger partial charge >= 0.3 is 0 Å². The average molecular weight is 302 g/mol. The van der Waals surface area contributed by atoms with Crippen molar-refractivity contribution < 1.29 is 9.53 Å². The Kier molecular flexibility index (Phi) is 4.65. The molecular formula is C18H26N2O2. The second-order valence-electron chi connectivity index (χ2n) is 6.86. The fourth-order valence-corrected chi connectivity index (χ4v) is 3.33. The van der Waals surface area contributed by atoms with E-state index in [1.807, 2.05) is 12.1 Å². The van der Waals surface area contributed by atoms with Crippen molar-refractivity contribution in [3.63, 3.8) is 0 Å². The van der Waals surface area contributed by atoms with E-state index in [1.54, 1.807) is 6.20 Å². The fourth-order valence-electron chi connectivity index (χ4n) is 3.33. The Morgan fingerprint density at radius 3 is 2.77 bits per heavy atom. The summed E-state index contributed by atoms with van der Waals surface area (Å²) < 4.78 is 5.82. The maximum atomic E-state index is 12.9. The minimum Gasteiger partial charge on any atom is -0.474 e. The largest absolute Gasteiger partial charge is 0.474 e. The van der Waals surface area contributed by atoms with E-state index in [9.17, 15) is 4.79 Å². The number of ether oxygens (including phenoxy) is 1. The molecule has 1 unspecified atom stereocenters. The summed E-state index contributed by atoms with van der Waals surface area (Å²) in [5.74, 6) is 1.21. The number of piperidine rings is 1. The summed E-state index contributed by atoms with van der Waals surface area (Å²) in [6.45, 7) is 5.27. The zero-order valence-electron chi connectivity index (χ0n) is 13.6. The zero-order valence-corrected chi connectivity index (χ0v) is 13.6. The van der Waals surface area contributed by atoms with Crippen LogP contribution in [0, 0.1) is 5.92 Å². The van der Waals surface area contributed by atoms with Crippen molar-refractivity contribution in [1.82, 2.24) is 9.88 Å². The third-order valence-electron chi connectivity index (χ3n) is 4.90. The van der Waals surface area contributed by atoms with E-state index in [4.69, 9.17) is 4.74 Å².